The molecule has 0 aliphatic rings. The maximum absolute atomic E-state index is 12.0. The molecule has 0 unspecified atom stereocenters. The van der Waals surface area contributed by atoms with Gasteiger partial charge in [-0.3, -0.25) is 9.59 Å². The number of nitrogens with one attached hydrogen (secondary N) is 1. The predicted molar refractivity (Wildman–Crippen MR) is 78.0 cm³/mol. The number of methoxy groups -OCH3 is 1. The van der Waals surface area contributed by atoms with Crippen LogP contribution in [0.4, 0.5) is 0 Å². The number of carbonyl (C=O) groups is 2. The third-order valence-electron chi connectivity index (χ3n) is 2.44. The fourth-order valence-corrected chi connectivity index (χ4v) is 2.70. The van der Waals surface area contributed by atoms with Gasteiger partial charge < -0.3 is 9.47 Å². The van der Waals surface area contributed by atoms with Gasteiger partial charge in [-0.15, -0.1) is 0 Å². The molecule has 0 aliphatic carbocycles. The zero-order valence-corrected chi connectivity index (χ0v) is 14.2. The first-order valence-electron chi connectivity index (χ1n) is 6.67. The van der Waals surface area contributed by atoms with Crippen LogP contribution in [-0.4, -0.2) is 44.9 Å². The maximum Gasteiger partial charge on any atom is 0.324 e. The highest BCUT2D eigenvalue weighted by Crippen LogP contribution is 2.13. The predicted octanol–water partition coefficient (Wildman–Crippen LogP) is 0.835. The quantitative estimate of drug-likeness (QED) is 0.697. The van der Waals surface area contributed by atoms with Crippen molar-refractivity contribution in [1.29, 1.82) is 0 Å². The lowest BCUT2D eigenvalue weighted by molar-refractivity contribution is -0.158. The number of sulfonamides is 1. The molecule has 1 N–H and O–H groups in total. The summed E-state index contributed by atoms with van der Waals surface area (Å²) in [5.74, 6) is -1.99. The van der Waals surface area contributed by atoms with Gasteiger partial charge in [-0.1, -0.05) is 13.8 Å². The molecule has 0 heterocycles. The molecule has 0 bridgehead atoms. The molecule has 124 valence electrons. The van der Waals surface area contributed by atoms with E-state index in [2.05, 4.69) is 9.46 Å². The molecule has 0 rings (SSSR count). The van der Waals surface area contributed by atoms with Gasteiger partial charge in [0.1, 0.15) is 11.6 Å². The van der Waals surface area contributed by atoms with Gasteiger partial charge >= 0.3 is 11.9 Å². The molecule has 0 saturated carbocycles. The van der Waals surface area contributed by atoms with Gasteiger partial charge in [0.05, 0.1) is 19.3 Å². The van der Waals surface area contributed by atoms with Crippen molar-refractivity contribution >= 4 is 22.0 Å². The first kappa shape index (κ1) is 19.9. The van der Waals surface area contributed by atoms with E-state index in [1.807, 2.05) is 0 Å². The average molecular weight is 323 g/mol. The van der Waals surface area contributed by atoms with Crippen molar-refractivity contribution in [3.8, 4) is 0 Å². The van der Waals surface area contributed by atoms with E-state index < -0.39 is 39.4 Å². The Kier molecular flexibility index (Phi) is 7.32. The highest BCUT2D eigenvalue weighted by atomic mass is 32.2. The number of hydrogen-bond donors (Lipinski definition) is 1. The Bertz CT molecular complexity index is 464. The topological polar surface area (TPSA) is 98.8 Å². The average Bonchev–Trinajstić information content (AvgIpc) is 2.30. The van der Waals surface area contributed by atoms with E-state index in [4.69, 9.17) is 4.74 Å². The third-order valence-corrected chi connectivity index (χ3v) is 3.79. The molecule has 0 saturated heterocycles. The summed E-state index contributed by atoms with van der Waals surface area (Å²) in [5.41, 5.74) is -0.707. The van der Waals surface area contributed by atoms with Crippen LogP contribution in [0.1, 0.15) is 41.0 Å². The molecule has 1 atom stereocenters. The molecular weight excluding hydrogens is 298 g/mol. The van der Waals surface area contributed by atoms with E-state index in [0.29, 0.717) is 0 Å². The fourth-order valence-electron chi connectivity index (χ4n) is 1.39. The van der Waals surface area contributed by atoms with Gasteiger partial charge in [-0.05, 0) is 26.7 Å². The molecule has 21 heavy (non-hydrogen) atoms. The molecule has 0 aromatic carbocycles. The van der Waals surface area contributed by atoms with Crippen molar-refractivity contribution in [2.75, 3.05) is 12.9 Å². The van der Waals surface area contributed by atoms with Crippen LogP contribution >= 0.6 is 0 Å². The molecule has 0 aromatic rings. The molecular formula is C13H25NO6S. The molecule has 0 spiro atoms. The van der Waals surface area contributed by atoms with Crippen molar-refractivity contribution in [2.45, 2.75) is 52.7 Å². The Labute approximate surface area is 126 Å². The number of ether oxygens (including phenoxy) is 2. The maximum atomic E-state index is 12.0. The Balaban J connectivity index is 4.85. The molecule has 0 aromatic heterocycles. The van der Waals surface area contributed by atoms with E-state index in [1.165, 1.54) is 7.11 Å². The third kappa shape index (κ3) is 8.67. The minimum atomic E-state index is -3.78. The van der Waals surface area contributed by atoms with Crippen LogP contribution in [0, 0.1) is 5.92 Å². The highest BCUT2D eigenvalue weighted by molar-refractivity contribution is 7.89. The number of esters is 2. The second-order valence-electron chi connectivity index (χ2n) is 6.02. The molecule has 0 aliphatic heterocycles. The number of carbonyl (C=O) groups excluding carboxylic acids is 2. The lowest BCUT2D eigenvalue weighted by atomic mass is 10.1. The highest BCUT2D eigenvalue weighted by Gasteiger charge is 2.31. The molecule has 8 heteroatoms. The standard InChI is InChI=1S/C13H25NO6S/c1-9(2)11(12(16)20-13(3,4)5)14-21(17,18)8-7-10(15)19-6/h9,11,14H,7-8H2,1-6H3/t11-/m0/s1. The molecule has 0 amide bonds. The molecule has 7 nitrogen and oxygen atoms in total. The number of hydrogen-bond acceptors (Lipinski definition) is 6. The first-order chi connectivity index (χ1) is 9.38. The van der Waals surface area contributed by atoms with Crippen molar-refractivity contribution in [2.24, 2.45) is 5.92 Å². The Morgan fingerprint density at radius 2 is 1.71 bits per heavy atom. The monoisotopic (exact) mass is 323 g/mol. The van der Waals surface area contributed by atoms with Gasteiger partial charge in [-0.2, -0.15) is 0 Å². The van der Waals surface area contributed by atoms with E-state index in [1.54, 1.807) is 34.6 Å². The summed E-state index contributed by atoms with van der Waals surface area (Å²) in [5, 5.41) is 0. The largest absolute Gasteiger partial charge is 0.469 e. The van der Waals surface area contributed by atoms with Gasteiger partial charge in [0.25, 0.3) is 0 Å². The van der Waals surface area contributed by atoms with Crippen LogP contribution in [0.3, 0.4) is 0 Å². The zero-order chi connectivity index (χ0) is 16.8. The fraction of sp³-hybridized carbons (Fsp3) is 0.846. The Morgan fingerprint density at radius 1 is 1.19 bits per heavy atom. The molecule has 0 fully saturated rings. The summed E-state index contributed by atoms with van der Waals surface area (Å²) < 4.78 is 35.7. The Morgan fingerprint density at radius 3 is 2.10 bits per heavy atom. The van der Waals surface area contributed by atoms with E-state index in [-0.39, 0.29) is 12.3 Å². The normalized spacial score (nSPS) is 13.9. The lowest BCUT2D eigenvalue weighted by Crippen LogP contribution is -2.48. The summed E-state index contributed by atoms with van der Waals surface area (Å²) in [7, 11) is -2.60. The minimum Gasteiger partial charge on any atom is -0.469 e. The van der Waals surface area contributed by atoms with Crippen LogP contribution in [0.25, 0.3) is 0 Å². The number of rotatable bonds is 7. The summed E-state index contributed by atoms with van der Waals surface area (Å²) in [4.78, 5) is 23.0. The summed E-state index contributed by atoms with van der Waals surface area (Å²) in [6.45, 7) is 8.52. The van der Waals surface area contributed by atoms with E-state index in [9.17, 15) is 18.0 Å². The van der Waals surface area contributed by atoms with Crippen LogP contribution in [-0.2, 0) is 29.1 Å². The zero-order valence-electron chi connectivity index (χ0n) is 13.4. The van der Waals surface area contributed by atoms with Gasteiger partial charge in [0.15, 0.2) is 0 Å². The second-order valence-corrected chi connectivity index (χ2v) is 7.89. The SMILES string of the molecule is COC(=O)CCS(=O)(=O)N[C@H](C(=O)OC(C)(C)C)C(C)C. The summed E-state index contributed by atoms with van der Waals surface area (Å²) >= 11 is 0. The van der Waals surface area contributed by atoms with Crippen molar-refractivity contribution < 1.29 is 27.5 Å². The van der Waals surface area contributed by atoms with Crippen molar-refractivity contribution in [3.05, 3.63) is 0 Å². The first-order valence-corrected chi connectivity index (χ1v) is 8.33. The molecule has 0 radical (unpaired) electrons. The van der Waals surface area contributed by atoms with Gasteiger partial charge in [0, 0.05) is 0 Å². The second kappa shape index (κ2) is 7.74. The van der Waals surface area contributed by atoms with E-state index >= 15 is 0 Å². The van der Waals surface area contributed by atoms with Gasteiger partial charge in [-0.25, -0.2) is 13.1 Å². The van der Waals surface area contributed by atoms with Crippen LogP contribution < -0.4 is 4.72 Å². The Hall–Kier alpha value is -1.15. The van der Waals surface area contributed by atoms with Crippen LogP contribution in [0.5, 0.6) is 0 Å². The van der Waals surface area contributed by atoms with Crippen LogP contribution in [0.2, 0.25) is 0 Å². The van der Waals surface area contributed by atoms with Gasteiger partial charge in [0.2, 0.25) is 10.0 Å². The summed E-state index contributed by atoms with van der Waals surface area (Å²) in [6, 6.07) is -0.994. The van der Waals surface area contributed by atoms with Crippen molar-refractivity contribution in [1.82, 2.24) is 4.72 Å². The van der Waals surface area contributed by atoms with E-state index in [0.717, 1.165) is 0 Å². The summed E-state index contributed by atoms with van der Waals surface area (Å²) in [6.07, 6.45) is -0.273. The van der Waals surface area contributed by atoms with Crippen molar-refractivity contribution in [3.63, 3.8) is 0 Å². The minimum absolute atomic E-state index is 0.273. The lowest BCUT2D eigenvalue weighted by Gasteiger charge is -2.26. The van der Waals surface area contributed by atoms with Crippen LogP contribution in [0.15, 0.2) is 0 Å². The smallest absolute Gasteiger partial charge is 0.324 e.